The lowest BCUT2D eigenvalue weighted by Gasteiger charge is -2.13. The minimum Gasteiger partial charge on any atom is -0.505 e. The van der Waals surface area contributed by atoms with E-state index in [1.54, 1.807) is 0 Å². The van der Waals surface area contributed by atoms with Crippen molar-refractivity contribution in [2.24, 2.45) is 0 Å². The Morgan fingerprint density at radius 3 is 2.17 bits per heavy atom. The topological polar surface area (TPSA) is 84.9 Å². The van der Waals surface area contributed by atoms with Gasteiger partial charge in [0.2, 0.25) is 0 Å². The SMILES string of the molecule is COc1ccc(S(=O)(=O)Nc2cc(Cl)c(O)c(Cl)c2)c(OC)c1. The van der Waals surface area contributed by atoms with E-state index in [1.807, 2.05) is 0 Å². The number of sulfonamides is 1. The van der Waals surface area contributed by atoms with Crippen molar-refractivity contribution in [3.05, 3.63) is 40.4 Å². The minimum absolute atomic E-state index is 0.0723. The summed E-state index contributed by atoms with van der Waals surface area (Å²) in [5.74, 6) is 0.252. The summed E-state index contributed by atoms with van der Waals surface area (Å²) in [5.41, 5.74) is 0.107. The second-order valence-electron chi connectivity index (χ2n) is 4.41. The number of anilines is 1. The van der Waals surface area contributed by atoms with Crippen LogP contribution in [-0.4, -0.2) is 27.7 Å². The summed E-state index contributed by atoms with van der Waals surface area (Å²) in [5, 5.41) is 9.37. The third-order valence-electron chi connectivity index (χ3n) is 2.93. The normalized spacial score (nSPS) is 11.1. The molecule has 0 atom stereocenters. The molecule has 23 heavy (non-hydrogen) atoms. The summed E-state index contributed by atoms with van der Waals surface area (Å²) in [6, 6.07) is 6.79. The van der Waals surface area contributed by atoms with Crippen molar-refractivity contribution in [3.63, 3.8) is 0 Å². The standard InChI is InChI=1S/C14H13Cl2NO5S/c1-21-9-3-4-13(12(7-9)22-2)23(19,20)17-8-5-10(15)14(18)11(16)6-8/h3-7,17-18H,1-2H3. The summed E-state index contributed by atoms with van der Waals surface area (Å²) in [6.07, 6.45) is 0. The molecule has 0 unspecified atom stereocenters. The van der Waals surface area contributed by atoms with Crippen molar-refractivity contribution in [2.45, 2.75) is 4.90 Å². The van der Waals surface area contributed by atoms with Crippen molar-refractivity contribution < 1.29 is 23.0 Å². The first kappa shape index (κ1) is 17.5. The number of rotatable bonds is 5. The molecule has 124 valence electrons. The van der Waals surface area contributed by atoms with Gasteiger partial charge in [0.25, 0.3) is 10.0 Å². The Bertz CT molecular complexity index is 816. The van der Waals surface area contributed by atoms with Crippen LogP contribution in [0.1, 0.15) is 0 Å². The Balaban J connectivity index is 2.43. The largest absolute Gasteiger partial charge is 0.505 e. The van der Waals surface area contributed by atoms with Gasteiger partial charge in [-0.3, -0.25) is 4.72 Å². The molecule has 0 saturated carbocycles. The molecule has 0 radical (unpaired) electrons. The van der Waals surface area contributed by atoms with E-state index >= 15 is 0 Å². The lowest BCUT2D eigenvalue weighted by atomic mass is 10.3. The van der Waals surface area contributed by atoms with Gasteiger partial charge in [-0.2, -0.15) is 0 Å². The van der Waals surface area contributed by atoms with Crippen LogP contribution in [0.15, 0.2) is 35.2 Å². The molecule has 6 nitrogen and oxygen atoms in total. The van der Waals surface area contributed by atoms with E-state index in [9.17, 15) is 13.5 Å². The van der Waals surface area contributed by atoms with Gasteiger partial charge in [0.15, 0.2) is 5.75 Å². The zero-order valence-corrected chi connectivity index (χ0v) is 14.5. The molecule has 0 heterocycles. The molecular weight excluding hydrogens is 365 g/mol. The number of ether oxygens (including phenoxy) is 2. The van der Waals surface area contributed by atoms with Gasteiger partial charge in [-0.15, -0.1) is 0 Å². The van der Waals surface area contributed by atoms with Crippen LogP contribution in [0.4, 0.5) is 5.69 Å². The maximum atomic E-state index is 12.5. The van der Waals surface area contributed by atoms with Gasteiger partial charge < -0.3 is 14.6 Å². The van der Waals surface area contributed by atoms with Crippen molar-refractivity contribution in [1.29, 1.82) is 0 Å². The zero-order chi connectivity index (χ0) is 17.2. The van der Waals surface area contributed by atoms with E-state index in [1.165, 1.54) is 44.6 Å². The quantitative estimate of drug-likeness (QED) is 0.778. The molecule has 2 aromatic rings. The lowest BCUT2D eigenvalue weighted by Crippen LogP contribution is -2.14. The monoisotopic (exact) mass is 377 g/mol. The molecule has 0 aromatic heterocycles. The number of methoxy groups -OCH3 is 2. The van der Waals surface area contributed by atoms with E-state index in [-0.39, 0.29) is 32.1 Å². The highest BCUT2D eigenvalue weighted by Gasteiger charge is 2.21. The predicted molar refractivity (Wildman–Crippen MR) is 88.5 cm³/mol. The van der Waals surface area contributed by atoms with Crippen LogP contribution in [0.2, 0.25) is 10.0 Å². The van der Waals surface area contributed by atoms with Gasteiger partial charge in [-0.25, -0.2) is 8.42 Å². The fourth-order valence-electron chi connectivity index (χ4n) is 1.83. The smallest absolute Gasteiger partial charge is 0.265 e. The average molecular weight is 378 g/mol. The van der Waals surface area contributed by atoms with Gasteiger partial charge in [0, 0.05) is 6.07 Å². The van der Waals surface area contributed by atoms with Crippen molar-refractivity contribution in [3.8, 4) is 17.2 Å². The van der Waals surface area contributed by atoms with Crippen LogP contribution in [0.5, 0.6) is 17.2 Å². The molecule has 2 aromatic carbocycles. The predicted octanol–water partition coefficient (Wildman–Crippen LogP) is 3.52. The van der Waals surface area contributed by atoms with E-state index in [4.69, 9.17) is 32.7 Å². The van der Waals surface area contributed by atoms with Crippen LogP contribution in [0.3, 0.4) is 0 Å². The molecular formula is C14H13Cl2NO5S. The molecule has 0 amide bonds. The van der Waals surface area contributed by atoms with Gasteiger partial charge >= 0.3 is 0 Å². The molecule has 0 spiro atoms. The number of phenolic OH excluding ortho intramolecular Hbond substituents is 1. The highest BCUT2D eigenvalue weighted by Crippen LogP contribution is 2.36. The number of nitrogens with one attached hydrogen (secondary N) is 1. The second kappa shape index (κ2) is 6.74. The fourth-order valence-corrected chi connectivity index (χ4v) is 3.51. The highest BCUT2D eigenvalue weighted by molar-refractivity contribution is 7.92. The Kier molecular flexibility index (Phi) is 5.13. The lowest BCUT2D eigenvalue weighted by molar-refractivity contribution is 0.386. The maximum Gasteiger partial charge on any atom is 0.265 e. The van der Waals surface area contributed by atoms with Crippen LogP contribution < -0.4 is 14.2 Å². The zero-order valence-electron chi connectivity index (χ0n) is 12.1. The Morgan fingerprint density at radius 1 is 1.04 bits per heavy atom. The third-order valence-corrected chi connectivity index (χ3v) is 4.93. The summed E-state index contributed by atoms with van der Waals surface area (Å²) < 4.78 is 37.5. The Hall–Kier alpha value is -1.83. The third kappa shape index (κ3) is 3.74. The van der Waals surface area contributed by atoms with E-state index in [2.05, 4.69) is 4.72 Å². The maximum absolute atomic E-state index is 12.5. The molecule has 0 aliphatic rings. The molecule has 0 aliphatic heterocycles. The van der Waals surface area contributed by atoms with Crippen molar-refractivity contribution in [2.75, 3.05) is 18.9 Å². The van der Waals surface area contributed by atoms with Gasteiger partial charge in [-0.1, -0.05) is 23.2 Å². The number of aromatic hydroxyl groups is 1. The van der Waals surface area contributed by atoms with E-state index < -0.39 is 10.0 Å². The highest BCUT2D eigenvalue weighted by atomic mass is 35.5. The first-order chi connectivity index (χ1) is 10.8. The average Bonchev–Trinajstić information content (AvgIpc) is 2.51. The first-order valence-electron chi connectivity index (χ1n) is 6.21. The number of hydrogen-bond acceptors (Lipinski definition) is 5. The van der Waals surface area contributed by atoms with Gasteiger partial charge in [-0.05, 0) is 24.3 Å². The summed E-state index contributed by atoms with van der Waals surface area (Å²) in [6.45, 7) is 0. The number of phenols is 1. The van der Waals surface area contributed by atoms with Crippen molar-refractivity contribution >= 4 is 38.9 Å². The molecule has 0 aliphatic carbocycles. The van der Waals surface area contributed by atoms with Gasteiger partial charge in [0.05, 0.1) is 30.0 Å². The Morgan fingerprint density at radius 2 is 1.65 bits per heavy atom. The molecule has 0 fully saturated rings. The fraction of sp³-hybridized carbons (Fsp3) is 0.143. The van der Waals surface area contributed by atoms with Gasteiger partial charge in [0.1, 0.15) is 16.4 Å². The first-order valence-corrected chi connectivity index (χ1v) is 8.45. The van der Waals surface area contributed by atoms with Crippen LogP contribution in [-0.2, 0) is 10.0 Å². The molecule has 0 bridgehead atoms. The molecule has 2 N–H and O–H groups in total. The second-order valence-corrected chi connectivity index (χ2v) is 6.88. The molecule has 9 heteroatoms. The van der Waals surface area contributed by atoms with Crippen molar-refractivity contribution in [1.82, 2.24) is 0 Å². The molecule has 2 rings (SSSR count). The summed E-state index contributed by atoms with van der Waals surface area (Å²) in [7, 11) is -1.15. The summed E-state index contributed by atoms with van der Waals surface area (Å²) >= 11 is 11.6. The van der Waals surface area contributed by atoms with E-state index in [0.717, 1.165) is 0 Å². The Labute approximate surface area is 143 Å². The number of benzene rings is 2. The molecule has 0 saturated heterocycles. The number of halogens is 2. The number of hydrogen-bond donors (Lipinski definition) is 2. The van der Waals surface area contributed by atoms with Crippen LogP contribution >= 0.6 is 23.2 Å². The minimum atomic E-state index is -3.96. The van der Waals surface area contributed by atoms with Crippen LogP contribution in [0.25, 0.3) is 0 Å². The van der Waals surface area contributed by atoms with Crippen LogP contribution in [0, 0.1) is 0 Å². The van der Waals surface area contributed by atoms with E-state index in [0.29, 0.717) is 5.75 Å². The summed E-state index contributed by atoms with van der Waals surface area (Å²) in [4.78, 5) is -0.0823.